The average Bonchev–Trinajstić information content (AvgIpc) is 2.53. The number of amides is 1. The minimum Gasteiger partial charge on any atom is -1.00 e. The molecule has 0 saturated heterocycles. The number of carbonyl (C=O) groups is 1. The number of rotatable bonds is 5. The Bertz CT molecular complexity index is 702. The summed E-state index contributed by atoms with van der Waals surface area (Å²) in [5, 5.41) is 14.6. The third kappa shape index (κ3) is 5.48. The molecule has 0 atom stereocenters. The van der Waals surface area contributed by atoms with Crippen LogP contribution in [0, 0.1) is 10.1 Å². The van der Waals surface area contributed by atoms with Crippen LogP contribution < -0.4 is 22.4 Å². The maximum Gasteiger partial charge on any atom is 0.305 e. The highest BCUT2D eigenvalue weighted by Gasteiger charge is 2.08. The number of hydrazone groups is 1. The van der Waals surface area contributed by atoms with Crippen molar-refractivity contribution in [3.05, 3.63) is 70.5 Å². The van der Waals surface area contributed by atoms with Crippen molar-refractivity contribution >= 4 is 17.3 Å². The van der Waals surface area contributed by atoms with E-state index in [1.807, 2.05) is 18.2 Å². The zero-order chi connectivity index (χ0) is 15.9. The predicted molar refractivity (Wildman–Crippen MR) is 80.1 cm³/mol. The quantitative estimate of drug-likeness (QED) is 0.310. The standard InChI is InChI=1S/C15H14N4O3.ClH/c1-12(13-5-7-14(8-6-13)19(21)22)16-17-15(20)11-18-9-3-2-4-10-18;/h2-10H,11H2,1H3;1H/b16-12-;. The Kier molecular flexibility index (Phi) is 6.82. The normalized spacial score (nSPS) is 10.6. The largest absolute Gasteiger partial charge is 1.00 e. The van der Waals surface area contributed by atoms with E-state index in [0.717, 1.165) is 0 Å². The van der Waals surface area contributed by atoms with Gasteiger partial charge in [0, 0.05) is 24.3 Å². The first-order chi connectivity index (χ1) is 10.6. The number of aromatic nitrogens is 1. The van der Waals surface area contributed by atoms with Gasteiger partial charge in [-0.2, -0.15) is 9.67 Å². The van der Waals surface area contributed by atoms with E-state index in [1.165, 1.54) is 12.1 Å². The van der Waals surface area contributed by atoms with E-state index in [9.17, 15) is 14.9 Å². The first-order valence-corrected chi connectivity index (χ1v) is 6.58. The molecule has 0 radical (unpaired) electrons. The van der Waals surface area contributed by atoms with Gasteiger partial charge < -0.3 is 12.4 Å². The topological polar surface area (TPSA) is 88.5 Å². The summed E-state index contributed by atoms with van der Waals surface area (Å²) in [5.41, 5.74) is 3.75. The lowest BCUT2D eigenvalue weighted by Gasteiger charge is -2.01. The number of benzene rings is 1. The first kappa shape index (κ1) is 18.2. The number of pyridine rings is 1. The van der Waals surface area contributed by atoms with Gasteiger partial charge in [0.2, 0.25) is 6.54 Å². The van der Waals surface area contributed by atoms with E-state index in [1.54, 1.807) is 36.0 Å². The molecule has 1 aromatic heterocycles. The molecule has 23 heavy (non-hydrogen) atoms. The number of nitro benzene ring substituents is 1. The molecule has 0 fully saturated rings. The predicted octanol–water partition coefficient (Wildman–Crippen LogP) is -1.57. The van der Waals surface area contributed by atoms with Crippen molar-refractivity contribution in [2.24, 2.45) is 5.10 Å². The number of hydrogen-bond donors (Lipinski definition) is 1. The second-order valence-electron chi connectivity index (χ2n) is 4.58. The lowest BCUT2D eigenvalue weighted by Crippen LogP contribution is -3.00. The molecule has 2 rings (SSSR count). The Labute approximate surface area is 139 Å². The molecule has 8 heteroatoms. The number of nitrogens with zero attached hydrogens (tertiary/aromatic N) is 3. The van der Waals surface area contributed by atoms with Gasteiger partial charge in [0.15, 0.2) is 12.4 Å². The van der Waals surface area contributed by atoms with E-state index in [2.05, 4.69) is 10.5 Å². The Hall–Kier alpha value is -2.80. The molecule has 0 aliphatic rings. The van der Waals surface area contributed by atoms with Gasteiger partial charge in [-0.05, 0) is 24.6 Å². The summed E-state index contributed by atoms with van der Waals surface area (Å²) in [4.78, 5) is 21.9. The minimum absolute atomic E-state index is 0. The van der Waals surface area contributed by atoms with Crippen LogP contribution in [0.2, 0.25) is 0 Å². The van der Waals surface area contributed by atoms with Gasteiger partial charge in [0.25, 0.3) is 5.69 Å². The van der Waals surface area contributed by atoms with Gasteiger partial charge in [-0.15, -0.1) is 0 Å². The van der Waals surface area contributed by atoms with Crippen molar-refractivity contribution in [2.75, 3.05) is 0 Å². The highest BCUT2D eigenvalue weighted by Crippen LogP contribution is 2.12. The molecule has 120 valence electrons. The second-order valence-corrected chi connectivity index (χ2v) is 4.58. The summed E-state index contributed by atoms with van der Waals surface area (Å²) in [5.74, 6) is -0.252. The third-order valence-corrected chi connectivity index (χ3v) is 2.95. The minimum atomic E-state index is -0.463. The lowest BCUT2D eigenvalue weighted by atomic mass is 10.1. The first-order valence-electron chi connectivity index (χ1n) is 6.58. The molecule has 0 unspecified atom stereocenters. The second kappa shape index (κ2) is 8.60. The van der Waals surface area contributed by atoms with Gasteiger partial charge in [-0.25, -0.2) is 5.43 Å². The number of nitrogens with one attached hydrogen (secondary N) is 1. The fraction of sp³-hybridized carbons (Fsp3) is 0.133. The molecule has 1 heterocycles. The number of non-ortho nitro benzene ring substituents is 1. The van der Waals surface area contributed by atoms with Gasteiger partial charge >= 0.3 is 5.91 Å². The highest BCUT2D eigenvalue weighted by molar-refractivity contribution is 5.99. The van der Waals surface area contributed by atoms with Crippen LogP contribution in [0.5, 0.6) is 0 Å². The van der Waals surface area contributed by atoms with Gasteiger partial charge in [-0.1, -0.05) is 6.07 Å². The molecule has 0 aliphatic carbocycles. The SMILES string of the molecule is C/C(=N/NC(=O)C[n+]1ccccc1)c1ccc([N+](=O)[O-])cc1.[Cl-]. The van der Waals surface area contributed by atoms with Crippen LogP contribution >= 0.6 is 0 Å². The van der Waals surface area contributed by atoms with Crippen molar-refractivity contribution < 1.29 is 26.7 Å². The molecular formula is C15H15ClN4O3. The summed E-state index contributed by atoms with van der Waals surface area (Å²) in [6.07, 6.45) is 3.57. The van der Waals surface area contributed by atoms with Crippen molar-refractivity contribution in [3.8, 4) is 0 Å². The van der Waals surface area contributed by atoms with Crippen LogP contribution in [0.3, 0.4) is 0 Å². The van der Waals surface area contributed by atoms with Crippen LogP contribution in [0.25, 0.3) is 0 Å². The third-order valence-electron chi connectivity index (χ3n) is 2.95. The van der Waals surface area contributed by atoms with Crippen molar-refractivity contribution in [1.29, 1.82) is 0 Å². The summed E-state index contributed by atoms with van der Waals surface area (Å²) >= 11 is 0. The molecular weight excluding hydrogens is 320 g/mol. The summed E-state index contributed by atoms with van der Waals surface area (Å²) < 4.78 is 1.73. The van der Waals surface area contributed by atoms with E-state index in [0.29, 0.717) is 11.3 Å². The van der Waals surface area contributed by atoms with Crippen LogP contribution in [0.1, 0.15) is 12.5 Å². The van der Waals surface area contributed by atoms with E-state index >= 15 is 0 Å². The molecule has 0 aliphatic heterocycles. The van der Waals surface area contributed by atoms with E-state index in [4.69, 9.17) is 0 Å². The summed E-state index contributed by atoms with van der Waals surface area (Å²) in [6.45, 7) is 1.88. The average molecular weight is 335 g/mol. The number of nitro groups is 1. The fourth-order valence-corrected chi connectivity index (χ4v) is 1.78. The van der Waals surface area contributed by atoms with Crippen LogP contribution in [-0.2, 0) is 11.3 Å². The molecule has 0 spiro atoms. The zero-order valence-electron chi connectivity index (χ0n) is 12.3. The Morgan fingerprint density at radius 3 is 2.39 bits per heavy atom. The van der Waals surface area contributed by atoms with Crippen LogP contribution in [0.4, 0.5) is 5.69 Å². The Morgan fingerprint density at radius 1 is 1.22 bits per heavy atom. The van der Waals surface area contributed by atoms with Crippen molar-refractivity contribution in [2.45, 2.75) is 13.5 Å². The van der Waals surface area contributed by atoms with Crippen molar-refractivity contribution in [1.82, 2.24) is 5.43 Å². The highest BCUT2D eigenvalue weighted by atomic mass is 35.5. The monoisotopic (exact) mass is 334 g/mol. The van der Waals surface area contributed by atoms with Crippen LogP contribution in [-0.4, -0.2) is 16.5 Å². The summed E-state index contributed by atoms with van der Waals surface area (Å²) in [6, 6.07) is 11.5. The molecule has 0 bridgehead atoms. The van der Waals surface area contributed by atoms with Gasteiger partial charge in [0.1, 0.15) is 0 Å². The van der Waals surface area contributed by atoms with Gasteiger partial charge in [0.05, 0.1) is 10.6 Å². The molecule has 7 nitrogen and oxygen atoms in total. The van der Waals surface area contributed by atoms with E-state index in [-0.39, 0.29) is 30.5 Å². The summed E-state index contributed by atoms with van der Waals surface area (Å²) in [7, 11) is 0. The number of carbonyl (C=O) groups excluding carboxylic acids is 1. The molecule has 1 N–H and O–H groups in total. The Balaban J connectivity index is 0.00000264. The van der Waals surface area contributed by atoms with Crippen LogP contribution in [0.15, 0.2) is 60.0 Å². The molecule has 1 amide bonds. The maximum atomic E-state index is 11.8. The fourth-order valence-electron chi connectivity index (χ4n) is 1.78. The van der Waals surface area contributed by atoms with E-state index < -0.39 is 4.92 Å². The molecule has 2 aromatic rings. The van der Waals surface area contributed by atoms with Crippen molar-refractivity contribution in [3.63, 3.8) is 0 Å². The Morgan fingerprint density at radius 2 is 1.83 bits per heavy atom. The zero-order valence-corrected chi connectivity index (χ0v) is 13.1. The number of halogens is 1. The molecule has 1 aromatic carbocycles. The molecule has 0 saturated carbocycles. The maximum absolute atomic E-state index is 11.8. The smallest absolute Gasteiger partial charge is 0.305 e. The van der Waals surface area contributed by atoms with Gasteiger partial charge in [-0.3, -0.25) is 14.9 Å². The lowest BCUT2D eigenvalue weighted by molar-refractivity contribution is -0.684. The number of hydrogen-bond acceptors (Lipinski definition) is 4.